The standard InChI is InChI=1S/C8H14N2O2/c11-6-10-5-8-1-2-12-7(8)3-9-4-8/h6-7,9H,1-5H2,(H,10,11). The van der Waals surface area contributed by atoms with Gasteiger partial charge in [-0.25, -0.2) is 0 Å². The summed E-state index contributed by atoms with van der Waals surface area (Å²) in [6.45, 7) is 3.49. The first-order valence-electron chi connectivity index (χ1n) is 4.37. The fourth-order valence-corrected chi connectivity index (χ4v) is 2.18. The van der Waals surface area contributed by atoms with Crippen molar-refractivity contribution in [1.29, 1.82) is 0 Å². The Labute approximate surface area is 71.7 Å². The van der Waals surface area contributed by atoms with E-state index in [1.54, 1.807) is 0 Å². The topological polar surface area (TPSA) is 50.4 Å². The largest absolute Gasteiger partial charge is 0.376 e. The zero-order valence-corrected chi connectivity index (χ0v) is 7.01. The fourth-order valence-electron chi connectivity index (χ4n) is 2.18. The number of carbonyl (C=O) groups excluding carboxylic acids is 1. The Hall–Kier alpha value is -0.610. The zero-order valence-electron chi connectivity index (χ0n) is 7.01. The molecule has 0 bridgehead atoms. The van der Waals surface area contributed by atoms with Crippen LogP contribution in [0.25, 0.3) is 0 Å². The van der Waals surface area contributed by atoms with Crippen molar-refractivity contribution >= 4 is 6.41 Å². The molecule has 0 aromatic carbocycles. The molecular weight excluding hydrogens is 156 g/mol. The molecule has 2 fully saturated rings. The van der Waals surface area contributed by atoms with Gasteiger partial charge in [-0.05, 0) is 6.42 Å². The first-order valence-corrected chi connectivity index (χ1v) is 4.37. The lowest BCUT2D eigenvalue weighted by atomic mass is 9.83. The first kappa shape index (κ1) is 8.01. The second-order valence-corrected chi connectivity index (χ2v) is 3.60. The van der Waals surface area contributed by atoms with E-state index < -0.39 is 0 Å². The number of hydrogen-bond donors (Lipinski definition) is 2. The summed E-state index contributed by atoms with van der Waals surface area (Å²) in [5.41, 5.74) is 0.181. The number of nitrogens with one attached hydrogen (secondary N) is 2. The summed E-state index contributed by atoms with van der Waals surface area (Å²) in [6.07, 6.45) is 2.14. The van der Waals surface area contributed by atoms with Crippen molar-refractivity contribution in [3.8, 4) is 0 Å². The molecule has 4 nitrogen and oxygen atoms in total. The van der Waals surface area contributed by atoms with E-state index in [-0.39, 0.29) is 5.41 Å². The summed E-state index contributed by atoms with van der Waals surface area (Å²) in [4.78, 5) is 10.2. The Bertz CT molecular complexity index is 174. The summed E-state index contributed by atoms with van der Waals surface area (Å²) in [7, 11) is 0. The molecule has 0 aliphatic carbocycles. The number of carbonyl (C=O) groups is 1. The van der Waals surface area contributed by atoms with Crippen molar-refractivity contribution in [3.63, 3.8) is 0 Å². The van der Waals surface area contributed by atoms with E-state index in [0.717, 1.165) is 39.1 Å². The number of amides is 1. The minimum Gasteiger partial charge on any atom is -0.376 e. The summed E-state index contributed by atoms with van der Waals surface area (Å²) < 4.78 is 5.56. The molecule has 2 aliphatic rings. The SMILES string of the molecule is O=CNCC12CCOC1CNC2. The number of ether oxygens (including phenoxy) is 1. The lowest BCUT2D eigenvalue weighted by Crippen LogP contribution is -2.39. The second kappa shape index (κ2) is 3.03. The highest BCUT2D eigenvalue weighted by atomic mass is 16.5. The van der Waals surface area contributed by atoms with E-state index in [0.29, 0.717) is 6.10 Å². The van der Waals surface area contributed by atoms with E-state index in [4.69, 9.17) is 4.74 Å². The maximum atomic E-state index is 10.2. The maximum Gasteiger partial charge on any atom is 0.207 e. The van der Waals surface area contributed by atoms with Crippen LogP contribution in [-0.4, -0.2) is 38.8 Å². The van der Waals surface area contributed by atoms with Crippen LogP contribution in [-0.2, 0) is 9.53 Å². The van der Waals surface area contributed by atoms with Gasteiger partial charge in [-0.15, -0.1) is 0 Å². The fraction of sp³-hybridized carbons (Fsp3) is 0.875. The van der Waals surface area contributed by atoms with Crippen LogP contribution in [0.5, 0.6) is 0 Å². The molecule has 0 aromatic heterocycles. The average molecular weight is 170 g/mol. The van der Waals surface area contributed by atoms with E-state index >= 15 is 0 Å². The Morgan fingerprint density at radius 3 is 3.50 bits per heavy atom. The normalized spacial score (nSPS) is 39.5. The Morgan fingerprint density at radius 1 is 1.75 bits per heavy atom. The summed E-state index contributed by atoms with van der Waals surface area (Å²) in [5.74, 6) is 0. The average Bonchev–Trinajstić information content (AvgIpc) is 2.58. The zero-order chi connectivity index (χ0) is 8.44. The van der Waals surface area contributed by atoms with Crippen LogP contribution in [0.15, 0.2) is 0 Å². The Kier molecular flexibility index (Phi) is 2.02. The van der Waals surface area contributed by atoms with Crippen molar-refractivity contribution in [3.05, 3.63) is 0 Å². The number of hydrogen-bond acceptors (Lipinski definition) is 3. The van der Waals surface area contributed by atoms with Gasteiger partial charge in [0, 0.05) is 31.7 Å². The number of fused-ring (bicyclic) bond motifs is 1. The van der Waals surface area contributed by atoms with Gasteiger partial charge in [0.2, 0.25) is 6.41 Å². The highest BCUT2D eigenvalue weighted by molar-refractivity contribution is 5.46. The monoisotopic (exact) mass is 170 g/mol. The molecule has 12 heavy (non-hydrogen) atoms. The molecule has 68 valence electrons. The Morgan fingerprint density at radius 2 is 2.67 bits per heavy atom. The van der Waals surface area contributed by atoms with Gasteiger partial charge >= 0.3 is 0 Å². The van der Waals surface area contributed by atoms with Crippen molar-refractivity contribution in [2.75, 3.05) is 26.2 Å². The van der Waals surface area contributed by atoms with Crippen LogP contribution >= 0.6 is 0 Å². The van der Waals surface area contributed by atoms with Gasteiger partial charge in [0.25, 0.3) is 0 Å². The smallest absolute Gasteiger partial charge is 0.207 e. The molecule has 2 N–H and O–H groups in total. The summed E-state index contributed by atoms with van der Waals surface area (Å²) >= 11 is 0. The molecule has 0 aromatic rings. The van der Waals surface area contributed by atoms with Crippen molar-refractivity contribution in [1.82, 2.24) is 10.6 Å². The molecule has 2 atom stereocenters. The van der Waals surface area contributed by atoms with Crippen molar-refractivity contribution < 1.29 is 9.53 Å². The van der Waals surface area contributed by atoms with Gasteiger partial charge in [-0.1, -0.05) is 0 Å². The third-order valence-electron chi connectivity index (χ3n) is 2.95. The molecule has 2 saturated heterocycles. The first-order chi connectivity index (χ1) is 5.87. The lowest BCUT2D eigenvalue weighted by Gasteiger charge is -2.25. The Balaban J connectivity index is 2.01. The summed E-state index contributed by atoms with van der Waals surface area (Å²) in [5, 5.41) is 6.04. The van der Waals surface area contributed by atoms with E-state index in [1.807, 2.05) is 0 Å². The molecule has 2 heterocycles. The molecular formula is C8H14N2O2. The quantitative estimate of drug-likeness (QED) is 0.540. The van der Waals surface area contributed by atoms with Crippen LogP contribution in [0, 0.1) is 5.41 Å². The third kappa shape index (κ3) is 1.11. The van der Waals surface area contributed by atoms with Crippen LogP contribution in [0.1, 0.15) is 6.42 Å². The number of rotatable bonds is 3. The van der Waals surface area contributed by atoms with Crippen molar-refractivity contribution in [2.24, 2.45) is 5.41 Å². The minimum atomic E-state index is 0.181. The maximum absolute atomic E-state index is 10.2. The minimum absolute atomic E-state index is 0.181. The van der Waals surface area contributed by atoms with Crippen LogP contribution < -0.4 is 10.6 Å². The molecule has 4 heteroatoms. The summed E-state index contributed by atoms with van der Waals surface area (Å²) in [6, 6.07) is 0. The van der Waals surface area contributed by atoms with E-state index in [2.05, 4.69) is 10.6 Å². The van der Waals surface area contributed by atoms with Gasteiger partial charge < -0.3 is 15.4 Å². The molecule has 0 radical (unpaired) electrons. The van der Waals surface area contributed by atoms with Gasteiger partial charge in [0.1, 0.15) is 0 Å². The van der Waals surface area contributed by atoms with Crippen molar-refractivity contribution in [2.45, 2.75) is 12.5 Å². The predicted octanol–water partition coefficient (Wildman–Crippen LogP) is -0.889. The second-order valence-electron chi connectivity index (χ2n) is 3.60. The molecule has 2 unspecified atom stereocenters. The third-order valence-corrected chi connectivity index (χ3v) is 2.95. The highest BCUT2D eigenvalue weighted by Crippen LogP contribution is 2.36. The van der Waals surface area contributed by atoms with Gasteiger partial charge in [-0.2, -0.15) is 0 Å². The van der Waals surface area contributed by atoms with Gasteiger partial charge in [0.05, 0.1) is 6.10 Å². The molecule has 2 rings (SSSR count). The van der Waals surface area contributed by atoms with Crippen LogP contribution in [0.2, 0.25) is 0 Å². The lowest BCUT2D eigenvalue weighted by molar-refractivity contribution is -0.110. The predicted molar refractivity (Wildman–Crippen MR) is 43.7 cm³/mol. The molecule has 1 amide bonds. The van der Waals surface area contributed by atoms with E-state index in [1.165, 1.54) is 0 Å². The van der Waals surface area contributed by atoms with E-state index in [9.17, 15) is 4.79 Å². The van der Waals surface area contributed by atoms with Gasteiger partial charge in [-0.3, -0.25) is 4.79 Å². The van der Waals surface area contributed by atoms with Crippen LogP contribution in [0.3, 0.4) is 0 Å². The molecule has 0 saturated carbocycles. The van der Waals surface area contributed by atoms with Gasteiger partial charge in [0.15, 0.2) is 0 Å². The molecule has 2 aliphatic heterocycles. The molecule has 0 spiro atoms. The van der Waals surface area contributed by atoms with Crippen LogP contribution in [0.4, 0.5) is 0 Å². The highest BCUT2D eigenvalue weighted by Gasteiger charge is 2.47.